The van der Waals surface area contributed by atoms with E-state index in [1.165, 1.54) is 0 Å². The highest BCUT2D eigenvalue weighted by Crippen LogP contribution is 2.47. The van der Waals surface area contributed by atoms with Crippen molar-refractivity contribution >= 4 is 16.1 Å². The molecule has 0 heterocycles. The van der Waals surface area contributed by atoms with Crippen LogP contribution in [0.4, 0.5) is 4.79 Å². The van der Waals surface area contributed by atoms with Crippen LogP contribution in [0, 0.1) is 5.41 Å². The van der Waals surface area contributed by atoms with E-state index >= 15 is 0 Å². The number of benzene rings is 1. The Kier molecular flexibility index (Phi) is 7.58. The Morgan fingerprint density at radius 2 is 1.78 bits per heavy atom. The summed E-state index contributed by atoms with van der Waals surface area (Å²) in [5.74, 6) is 0. The Hall–Kier alpha value is -2.84. The molecule has 7 nitrogen and oxygen atoms in total. The van der Waals surface area contributed by atoms with E-state index in [1.54, 1.807) is 6.08 Å². The van der Waals surface area contributed by atoms with Crippen LogP contribution < -0.4 is 15.4 Å². The quantitative estimate of drug-likeness (QED) is 0.499. The van der Waals surface area contributed by atoms with Crippen LogP contribution in [-0.2, 0) is 16.4 Å². The molecular formula is C24H32N4O3S. The van der Waals surface area contributed by atoms with Gasteiger partial charge in [-0.1, -0.05) is 48.6 Å². The van der Waals surface area contributed by atoms with Crippen molar-refractivity contribution in [2.75, 3.05) is 33.7 Å². The fourth-order valence-electron chi connectivity index (χ4n) is 4.14. The third-order valence-electron chi connectivity index (χ3n) is 5.75. The van der Waals surface area contributed by atoms with Crippen LogP contribution in [0.15, 0.2) is 76.9 Å². The summed E-state index contributed by atoms with van der Waals surface area (Å²) in [6.45, 7) is 2.88. The van der Waals surface area contributed by atoms with Crippen molar-refractivity contribution in [3.05, 3.63) is 82.5 Å². The summed E-state index contributed by atoms with van der Waals surface area (Å²) in [5.41, 5.74) is 2.60. The lowest BCUT2D eigenvalue weighted by molar-refractivity contribution is 0.241. The molecule has 3 rings (SSSR count). The lowest BCUT2D eigenvalue weighted by atomic mass is 9.71. The second kappa shape index (κ2) is 10.2. The Morgan fingerprint density at radius 1 is 1.06 bits per heavy atom. The van der Waals surface area contributed by atoms with Crippen molar-refractivity contribution in [2.24, 2.45) is 5.41 Å². The van der Waals surface area contributed by atoms with E-state index in [1.807, 2.05) is 73.6 Å². The number of urea groups is 1. The van der Waals surface area contributed by atoms with Crippen LogP contribution >= 0.6 is 0 Å². The highest BCUT2D eigenvalue weighted by molar-refractivity contribution is 7.93. The van der Waals surface area contributed by atoms with Crippen LogP contribution in [0.25, 0.3) is 0 Å². The third kappa shape index (κ3) is 5.49. The molecule has 2 aliphatic rings. The average molecular weight is 457 g/mol. The van der Waals surface area contributed by atoms with E-state index in [-0.39, 0.29) is 24.0 Å². The first-order valence-corrected chi connectivity index (χ1v) is 12.2. The number of carbonyl (C=O) groups excluding carboxylic acids is 1. The maximum Gasteiger partial charge on any atom is 0.314 e. The number of nitrogens with zero attached hydrogens (tertiary/aromatic N) is 1. The summed E-state index contributed by atoms with van der Waals surface area (Å²) in [6.07, 6.45) is 10.9. The van der Waals surface area contributed by atoms with Gasteiger partial charge in [-0.2, -0.15) is 0 Å². The van der Waals surface area contributed by atoms with Crippen molar-refractivity contribution in [3.63, 3.8) is 0 Å². The fraction of sp³-hybridized carbons (Fsp3) is 0.375. The number of allylic oxidation sites excluding steroid dienone is 6. The molecule has 172 valence electrons. The normalized spacial score (nSPS) is 19.9. The molecule has 1 unspecified atom stereocenters. The van der Waals surface area contributed by atoms with Gasteiger partial charge in [0.2, 0.25) is 10.0 Å². The topological polar surface area (TPSA) is 90.5 Å². The van der Waals surface area contributed by atoms with E-state index in [0.717, 1.165) is 29.7 Å². The predicted molar refractivity (Wildman–Crippen MR) is 128 cm³/mol. The molecule has 1 aromatic rings. The highest BCUT2D eigenvalue weighted by atomic mass is 32.2. The van der Waals surface area contributed by atoms with Gasteiger partial charge in [0.15, 0.2) is 0 Å². The molecule has 1 aromatic carbocycles. The standard InChI is InChI=1S/C24H32N4O3S/c1-24-15-8-12-21(20(24)11-7-13-22(24)28(2)3)32(30,31)27-18-17-26-23(29)25-16-14-19-9-5-4-6-10-19/h4-13,27H,14-18H2,1-3H3,(H2,25,26,29). The van der Waals surface area contributed by atoms with E-state index < -0.39 is 15.4 Å². The van der Waals surface area contributed by atoms with Gasteiger partial charge in [-0.3, -0.25) is 0 Å². The summed E-state index contributed by atoms with van der Waals surface area (Å²) in [7, 11) is 0.217. The number of nitrogens with one attached hydrogen (secondary N) is 3. The molecule has 0 saturated heterocycles. The minimum atomic E-state index is -3.72. The molecule has 2 aliphatic carbocycles. The van der Waals surface area contributed by atoms with Crippen LogP contribution in [0.2, 0.25) is 0 Å². The zero-order valence-corrected chi connectivity index (χ0v) is 19.7. The fourth-order valence-corrected chi connectivity index (χ4v) is 5.53. The summed E-state index contributed by atoms with van der Waals surface area (Å²) < 4.78 is 28.6. The lowest BCUT2D eigenvalue weighted by Crippen LogP contribution is -2.41. The second-order valence-corrected chi connectivity index (χ2v) is 10.1. The summed E-state index contributed by atoms with van der Waals surface area (Å²) in [5, 5.41) is 5.47. The van der Waals surface area contributed by atoms with Gasteiger partial charge in [-0.25, -0.2) is 17.9 Å². The molecule has 0 aliphatic heterocycles. The van der Waals surface area contributed by atoms with Crippen molar-refractivity contribution in [2.45, 2.75) is 19.8 Å². The molecule has 0 spiro atoms. The van der Waals surface area contributed by atoms with E-state index in [0.29, 0.717) is 6.54 Å². The Bertz CT molecular complexity index is 1060. The van der Waals surface area contributed by atoms with Crippen molar-refractivity contribution in [1.29, 1.82) is 0 Å². The van der Waals surface area contributed by atoms with Crippen LogP contribution in [0.1, 0.15) is 18.9 Å². The third-order valence-corrected chi connectivity index (χ3v) is 7.27. The maximum absolute atomic E-state index is 13.0. The van der Waals surface area contributed by atoms with Gasteiger partial charge in [0.25, 0.3) is 0 Å². The Morgan fingerprint density at radius 3 is 2.50 bits per heavy atom. The molecule has 32 heavy (non-hydrogen) atoms. The van der Waals surface area contributed by atoms with Gasteiger partial charge < -0.3 is 15.5 Å². The first-order chi connectivity index (χ1) is 15.2. The first-order valence-electron chi connectivity index (χ1n) is 10.8. The summed E-state index contributed by atoms with van der Waals surface area (Å²) in [4.78, 5) is 14.3. The summed E-state index contributed by atoms with van der Waals surface area (Å²) >= 11 is 0. The molecule has 0 fully saturated rings. The number of carbonyl (C=O) groups is 1. The van der Waals surface area contributed by atoms with Crippen LogP contribution in [0.5, 0.6) is 0 Å². The second-order valence-electron chi connectivity index (χ2n) is 8.34. The smallest absolute Gasteiger partial charge is 0.314 e. The monoisotopic (exact) mass is 456 g/mol. The molecule has 1 atom stereocenters. The van der Waals surface area contributed by atoms with Crippen molar-refractivity contribution in [3.8, 4) is 0 Å². The minimum Gasteiger partial charge on any atom is -0.380 e. The lowest BCUT2D eigenvalue weighted by Gasteiger charge is -2.41. The molecule has 3 N–H and O–H groups in total. The van der Waals surface area contributed by atoms with E-state index in [2.05, 4.69) is 22.3 Å². The average Bonchev–Trinajstić information content (AvgIpc) is 2.76. The first kappa shape index (κ1) is 23.8. The maximum atomic E-state index is 13.0. The molecule has 0 saturated carbocycles. The SMILES string of the molecule is CN(C)C1=CC=CC2=C(S(=O)(=O)NCCNC(=O)NCCc3ccccc3)C=CCC12C. The molecule has 2 amide bonds. The van der Waals surface area contributed by atoms with E-state index in [4.69, 9.17) is 0 Å². The van der Waals surface area contributed by atoms with Gasteiger partial charge in [0.1, 0.15) is 0 Å². The Balaban J connectivity index is 1.52. The van der Waals surface area contributed by atoms with Crippen molar-refractivity contribution < 1.29 is 13.2 Å². The predicted octanol–water partition coefficient (Wildman–Crippen LogP) is 2.68. The van der Waals surface area contributed by atoms with Gasteiger partial charge in [-0.15, -0.1) is 0 Å². The Labute approximate surface area is 191 Å². The highest BCUT2D eigenvalue weighted by Gasteiger charge is 2.39. The van der Waals surface area contributed by atoms with Crippen LogP contribution in [-0.4, -0.2) is 53.1 Å². The molecular weight excluding hydrogens is 424 g/mol. The molecule has 0 aromatic heterocycles. The zero-order valence-electron chi connectivity index (χ0n) is 18.9. The minimum absolute atomic E-state index is 0.107. The summed E-state index contributed by atoms with van der Waals surface area (Å²) in [6, 6.07) is 9.57. The molecule has 0 radical (unpaired) electrons. The van der Waals surface area contributed by atoms with Gasteiger partial charge in [0, 0.05) is 44.8 Å². The van der Waals surface area contributed by atoms with Gasteiger partial charge in [0.05, 0.1) is 4.91 Å². The molecule has 0 bridgehead atoms. The number of fused-ring (bicyclic) bond motifs is 1. The molecule has 8 heteroatoms. The largest absolute Gasteiger partial charge is 0.380 e. The number of rotatable bonds is 9. The zero-order chi connectivity index (χ0) is 23.2. The number of amides is 2. The van der Waals surface area contributed by atoms with Gasteiger partial charge in [-0.05, 0) is 43.1 Å². The number of sulfonamides is 1. The number of hydrogen-bond donors (Lipinski definition) is 3. The van der Waals surface area contributed by atoms with Gasteiger partial charge >= 0.3 is 6.03 Å². The number of hydrogen-bond acceptors (Lipinski definition) is 4. The van der Waals surface area contributed by atoms with Crippen molar-refractivity contribution in [1.82, 2.24) is 20.3 Å². The van der Waals surface area contributed by atoms with E-state index in [9.17, 15) is 13.2 Å². The van der Waals surface area contributed by atoms with Crippen LogP contribution in [0.3, 0.4) is 0 Å².